The first-order valence-corrected chi connectivity index (χ1v) is 7.92. The molecule has 0 heterocycles. The lowest BCUT2D eigenvalue weighted by Gasteiger charge is -2.09. The first kappa shape index (κ1) is 21.2. The number of halogens is 2. The molecule has 1 amide bonds. The Kier molecular flexibility index (Phi) is 11.3. The summed E-state index contributed by atoms with van der Waals surface area (Å²) in [6.07, 6.45) is 2.45. The third-order valence-corrected chi connectivity index (χ3v) is 3.42. The van der Waals surface area contributed by atoms with Crippen LogP contribution in [0.2, 0.25) is 0 Å². The van der Waals surface area contributed by atoms with Gasteiger partial charge in [-0.25, -0.2) is 0 Å². The topological polar surface area (TPSA) is 79.5 Å². The lowest BCUT2D eigenvalue weighted by molar-refractivity contribution is -0.116. The van der Waals surface area contributed by atoms with E-state index in [1.54, 1.807) is 0 Å². The van der Waals surface area contributed by atoms with Crippen molar-refractivity contribution in [2.75, 3.05) is 18.4 Å². The molecule has 0 fully saturated rings. The summed E-state index contributed by atoms with van der Waals surface area (Å²) >= 11 is 3.39. The van der Waals surface area contributed by atoms with E-state index in [-0.39, 0.29) is 29.9 Å². The zero-order chi connectivity index (χ0) is 15.7. The predicted molar refractivity (Wildman–Crippen MR) is 107 cm³/mol. The van der Waals surface area contributed by atoms with E-state index in [1.807, 2.05) is 25.1 Å². The van der Waals surface area contributed by atoms with Gasteiger partial charge in [-0.15, -0.1) is 24.0 Å². The second-order valence-electron chi connectivity index (χ2n) is 4.80. The number of amides is 1. The minimum atomic E-state index is -0.0509. The lowest BCUT2D eigenvalue weighted by atomic mass is 10.2. The van der Waals surface area contributed by atoms with Crippen molar-refractivity contribution >= 4 is 57.5 Å². The number of nitrogens with one attached hydrogen (secondary N) is 2. The number of hydrogen-bond donors (Lipinski definition) is 3. The van der Waals surface area contributed by atoms with E-state index < -0.39 is 0 Å². The van der Waals surface area contributed by atoms with Gasteiger partial charge in [0.25, 0.3) is 0 Å². The molecule has 0 atom stereocenters. The summed E-state index contributed by atoms with van der Waals surface area (Å²) < 4.78 is 0.939. The molecule has 7 heteroatoms. The minimum absolute atomic E-state index is 0. The SMILES string of the molecule is CCCCN=C(N)NCCC(=O)Nc1cc(Br)ccc1C.I. The molecular formula is C15H24BrIN4O. The van der Waals surface area contributed by atoms with Gasteiger partial charge in [0.2, 0.25) is 5.91 Å². The molecule has 0 unspecified atom stereocenters. The third-order valence-electron chi connectivity index (χ3n) is 2.93. The number of anilines is 1. The Bertz CT molecular complexity index is 508. The van der Waals surface area contributed by atoms with E-state index in [4.69, 9.17) is 5.73 Å². The molecule has 1 aromatic rings. The monoisotopic (exact) mass is 482 g/mol. The standard InChI is InChI=1S/C15H23BrN4O.HI/c1-3-4-8-18-15(17)19-9-7-14(21)20-13-10-12(16)6-5-11(13)2;/h5-6,10H,3-4,7-9H2,1-2H3,(H,20,21)(H3,17,18,19);1H. The van der Waals surface area contributed by atoms with Crippen LogP contribution < -0.4 is 16.4 Å². The van der Waals surface area contributed by atoms with Gasteiger partial charge in [-0.1, -0.05) is 35.3 Å². The molecule has 0 saturated carbocycles. The van der Waals surface area contributed by atoms with Gasteiger partial charge in [0.15, 0.2) is 5.96 Å². The number of unbranched alkanes of at least 4 members (excludes halogenated alkanes) is 1. The Balaban J connectivity index is 0.00000441. The van der Waals surface area contributed by atoms with Gasteiger partial charge in [-0.2, -0.15) is 0 Å². The number of rotatable bonds is 7. The number of carbonyl (C=O) groups excluding carboxylic acids is 1. The van der Waals surface area contributed by atoms with Gasteiger partial charge in [0, 0.05) is 29.7 Å². The fourth-order valence-electron chi connectivity index (χ4n) is 1.66. The molecule has 0 aliphatic carbocycles. The number of nitrogens with zero attached hydrogens (tertiary/aromatic N) is 1. The van der Waals surface area contributed by atoms with E-state index in [1.165, 1.54) is 0 Å². The number of nitrogens with two attached hydrogens (primary N) is 1. The van der Waals surface area contributed by atoms with Crippen molar-refractivity contribution in [1.29, 1.82) is 0 Å². The van der Waals surface area contributed by atoms with Crippen molar-refractivity contribution in [3.8, 4) is 0 Å². The van der Waals surface area contributed by atoms with Crippen molar-refractivity contribution in [2.24, 2.45) is 10.7 Å². The number of guanidine groups is 1. The first-order chi connectivity index (χ1) is 10.0. The van der Waals surface area contributed by atoms with Gasteiger partial charge in [-0.3, -0.25) is 9.79 Å². The van der Waals surface area contributed by atoms with Crippen LogP contribution in [0.25, 0.3) is 0 Å². The van der Waals surface area contributed by atoms with Crippen LogP contribution >= 0.6 is 39.9 Å². The van der Waals surface area contributed by atoms with E-state index >= 15 is 0 Å². The Morgan fingerprint density at radius 1 is 1.41 bits per heavy atom. The Hall–Kier alpha value is -0.830. The van der Waals surface area contributed by atoms with Crippen molar-refractivity contribution in [3.05, 3.63) is 28.2 Å². The van der Waals surface area contributed by atoms with Crippen LogP contribution in [-0.2, 0) is 4.79 Å². The molecule has 5 nitrogen and oxygen atoms in total. The van der Waals surface area contributed by atoms with Crippen LogP contribution in [0.15, 0.2) is 27.7 Å². The van der Waals surface area contributed by atoms with E-state index in [0.29, 0.717) is 18.9 Å². The second kappa shape index (κ2) is 11.7. The maximum atomic E-state index is 11.9. The first-order valence-electron chi connectivity index (χ1n) is 7.12. The summed E-state index contributed by atoms with van der Waals surface area (Å²) in [6.45, 7) is 5.26. The number of aryl methyl sites for hydroxylation is 1. The highest BCUT2D eigenvalue weighted by atomic mass is 127. The van der Waals surface area contributed by atoms with Gasteiger partial charge in [0.1, 0.15) is 0 Å². The normalized spacial score (nSPS) is 10.8. The average molecular weight is 483 g/mol. The molecular weight excluding hydrogens is 459 g/mol. The van der Waals surface area contributed by atoms with Crippen molar-refractivity contribution in [2.45, 2.75) is 33.1 Å². The van der Waals surface area contributed by atoms with Crippen molar-refractivity contribution < 1.29 is 4.79 Å². The summed E-state index contributed by atoms with van der Waals surface area (Å²) in [5, 5.41) is 5.83. The Labute approximate surface area is 157 Å². The Morgan fingerprint density at radius 3 is 2.82 bits per heavy atom. The summed E-state index contributed by atoms with van der Waals surface area (Å²) in [7, 11) is 0. The smallest absolute Gasteiger partial charge is 0.226 e. The quantitative estimate of drug-likeness (QED) is 0.241. The lowest BCUT2D eigenvalue weighted by Crippen LogP contribution is -2.34. The van der Waals surface area contributed by atoms with Gasteiger partial charge in [0.05, 0.1) is 0 Å². The van der Waals surface area contributed by atoms with Crippen LogP contribution in [-0.4, -0.2) is 25.0 Å². The molecule has 124 valence electrons. The van der Waals surface area contributed by atoms with Gasteiger partial charge >= 0.3 is 0 Å². The highest BCUT2D eigenvalue weighted by Crippen LogP contribution is 2.20. The molecule has 0 aliphatic heterocycles. The molecule has 1 aromatic carbocycles. The molecule has 4 N–H and O–H groups in total. The molecule has 0 spiro atoms. The van der Waals surface area contributed by atoms with Gasteiger partial charge < -0.3 is 16.4 Å². The van der Waals surface area contributed by atoms with Crippen LogP contribution in [0.4, 0.5) is 5.69 Å². The van der Waals surface area contributed by atoms with Crippen LogP contribution in [0.5, 0.6) is 0 Å². The highest BCUT2D eigenvalue weighted by molar-refractivity contribution is 14.0. The minimum Gasteiger partial charge on any atom is -0.370 e. The molecule has 0 aliphatic rings. The number of aliphatic imine (C=N–C) groups is 1. The predicted octanol–water partition coefficient (Wildman–Crippen LogP) is 3.41. The summed E-state index contributed by atoms with van der Waals surface area (Å²) in [6, 6.07) is 5.79. The molecule has 0 radical (unpaired) electrons. The fraction of sp³-hybridized carbons (Fsp3) is 0.467. The maximum Gasteiger partial charge on any atom is 0.226 e. The largest absolute Gasteiger partial charge is 0.370 e. The molecule has 0 bridgehead atoms. The summed E-state index contributed by atoms with van der Waals surface area (Å²) in [5.41, 5.74) is 7.54. The molecule has 0 saturated heterocycles. The molecule has 0 aromatic heterocycles. The Morgan fingerprint density at radius 2 is 2.14 bits per heavy atom. The van der Waals surface area contributed by atoms with E-state index in [0.717, 1.165) is 35.1 Å². The van der Waals surface area contributed by atoms with Crippen LogP contribution in [0.3, 0.4) is 0 Å². The number of benzene rings is 1. The zero-order valence-electron chi connectivity index (χ0n) is 13.0. The second-order valence-corrected chi connectivity index (χ2v) is 5.72. The molecule has 1 rings (SSSR count). The number of hydrogen-bond acceptors (Lipinski definition) is 2. The van der Waals surface area contributed by atoms with Crippen LogP contribution in [0.1, 0.15) is 31.7 Å². The summed E-state index contributed by atoms with van der Waals surface area (Å²) in [4.78, 5) is 16.0. The van der Waals surface area contributed by atoms with Crippen molar-refractivity contribution in [3.63, 3.8) is 0 Å². The van der Waals surface area contributed by atoms with Crippen LogP contribution in [0, 0.1) is 6.92 Å². The number of carbonyl (C=O) groups is 1. The fourth-order valence-corrected chi connectivity index (χ4v) is 2.02. The zero-order valence-corrected chi connectivity index (χ0v) is 16.9. The van der Waals surface area contributed by atoms with Crippen molar-refractivity contribution in [1.82, 2.24) is 5.32 Å². The highest BCUT2D eigenvalue weighted by Gasteiger charge is 2.05. The van der Waals surface area contributed by atoms with Gasteiger partial charge in [-0.05, 0) is 31.0 Å². The summed E-state index contributed by atoms with van der Waals surface area (Å²) in [5.74, 6) is 0.347. The third kappa shape index (κ3) is 8.57. The maximum absolute atomic E-state index is 11.9. The average Bonchev–Trinajstić information content (AvgIpc) is 2.43. The van der Waals surface area contributed by atoms with E-state index in [9.17, 15) is 4.79 Å². The van der Waals surface area contributed by atoms with E-state index in [2.05, 4.69) is 38.5 Å². The molecule has 22 heavy (non-hydrogen) atoms.